The van der Waals surface area contributed by atoms with Gasteiger partial charge in [-0.05, 0) is 30.9 Å². The average Bonchev–Trinajstić information content (AvgIpc) is 2.70. The van der Waals surface area contributed by atoms with Gasteiger partial charge in [-0.25, -0.2) is 4.39 Å². The van der Waals surface area contributed by atoms with E-state index in [2.05, 4.69) is 5.43 Å². The lowest BCUT2D eigenvalue weighted by atomic mass is 9.93. The van der Waals surface area contributed by atoms with Crippen LogP contribution in [0.5, 0.6) is 0 Å². The van der Waals surface area contributed by atoms with E-state index >= 15 is 0 Å². The quantitative estimate of drug-likeness (QED) is 0.835. The first-order chi connectivity index (χ1) is 11.1. The van der Waals surface area contributed by atoms with E-state index in [0.717, 1.165) is 11.1 Å². The fraction of sp³-hybridized carbons (Fsp3) is 0.353. The van der Waals surface area contributed by atoms with Crippen LogP contribution in [0.25, 0.3) is 10.8 Å². The topological polar surface area (TPSA) is 32.3 Å². The van der Waals surface area contributed by atoms with Gasteiger partial charge in [0.2, 0.25) is 5.91 Å². The Labute approximate surface area is 136 Å². The van der Waals surface area contributed by atoms with Crippen molar-refractivity contribution >= 4 is 16.7 Å². The molecule has 0 aliphatic carbocycles. The van der Waals surface area contributed by atoms with Crippen LogP contribution in [-0.2, 0) is 4.79 Å². The number of carbonyl (C=O) groups excluding carboxylic acids is 1. The number of hydrogen-bond acceptors (Lipinski definition) is 2. The van der Waals surface area contributed by atoms with Gasteiger partial charge in [-0.2, -0.15) is 18.2 Å². The lowest BCUT2D eigenvalue weighted by Crippen LogP contribution is -2.51. The maximum Gasteiger partial charge on any atom is 0.409 e. The number of carbonyl (C=O) groups is 1. The van der Waals surface area contributed by atoms with E-state index in [-0.39, 0.29) is 17.4 Å². The summed E-state index contributed by atoms with van der Waals surface area (Å²) in [5, 5.41) is 1.18. The molecule has 0 bridgehead atoms. The highest BCUT2D eigenvalue weighted by molar-refractivity contribution is 5.87. The fourth-order valence-corrected chi connectivity index (χ4v) is 3.23. The van der Waals surface area contributed by atoms with Gasteiger partial charge < -0.3 is 0 Å². The Morgan fingerprint density at radius 3 is 2.33 bits per heavy atom. The van der Waals surface area contributed by atoms with E-state index in [1.165, 1.54) is 18.2 Å². The minimum Gasteiger partial charge on any atom is -0.287 e. The molecule has 0 saturated carbocycles. The number of halogens is 4. The van der Waals surface area contributed by atoms with Gasteiger partial charge in [0.05, 0.1) is 0 Å². The van der Waals surface area contributed by atoms with Crippen molar-refractivity contribution in [2.45, 2.75) is 38.0 Å². The molecule has 1 aliphatic heterocycles. The number of nitrogens with zero attached hydrogens (tertiary/aromatic N) is 1. The monoisotopic (exact) mass is 340 g/mol. The summed E-state index contributed by atoms with van der Waals surface area (Å²) in [5.74, 6) is -1.21. The molecule has 3 rings (SSSR count). The van der Waals surface area contributed by atoms with Crippen LogP contribution in [-0.4, -0.2) is 22.6 Å². The van der Waals surface area contributed by atoms with Crippen LogP contribution < -0.4 is 5.43 Å². The largest absolute Gasteiger partial charge is 0.409 e. The van der Waals surface area contributed by atoms with Gasteiger partial charge in [-0.1, -0.05) is 30.3 Å². The summed E-state index contributed by atoms with van der Waals surface area (Å²) in [6.45, 7) is 3.09. The fourth-order valence-electron chi connectivity index (χ4n) is 3.23. The van der Waals surface area contributed by atoms with Crippen molar-refractivity contribution in [3.63, 3.8) is 0 Å². The first kappa shape index (κ1) is 16.7. The number of fused-ring (bicyclic) bond motifs is 1. The van der Waals surface area contributed by atoms with Gasteiger partial charge >= 0.3 is 6.18 Å². The van der Waals surface area contributed by atoms with Gasteiger partial charge in [0.25, 0.3) is 0 Å². The lowest BCUT2D eigenvalue weighted by molar-refractivity contribution is -0.203. The van der Waals surface area contributed by atoms with Gasteiger partial charge in [0, 0.05) is 17.3 Å². The Kier molecular flexibility index (Phi) is 3.79. The molecule has 2 aromatic carbocycles. The predicted octanol–water partition coefficient (Wildman–Crippen LogP) is 4.10. The van der Waals surface area contributed by atoms with Crippen molar-refractivity contribution < 1.29 is 22.4 Å². The number of benzene rings is 2. The summed E-state index contributed by atoms with van der Waals surface area (Å²) >= 11 is 0. The predicted molar refractivity (Wildman–Crippen MR) is 81.4 cm³/mol. The number of alkyl halides is 3. The molecule has 1 amide bonds. The highest BCUT2D eigenvalue weighted by atomic mass is 19.4. The van der Waals surface area contributed by atoms with Crippen molar-refractivity contribution in [2.75, 3.05) is 0 Å². The molecular formula is C17H16F4N2O. The first-order valence-corrected chi connectivity index (χ1v) is 7.44. The highest BCUT2D eigenvalue weighted by Crippen LogP contribution is 2.45. The third-order valence-corrected chi connectivity index (χ3v) is 4.24. The molecule has 128 valence electrons. The zero-order valence-electron chi connectivity index (χ0n) is 13.1. The minimum absolute atomic E-state index is 0.0627. The molecule has 1 unspecified atom stereocenters. The van der Waals surface area contributed by atoms with E-state index in [9.17, 15) is 22.4 Å². The second-order valence-electron chi connectivity index (χ2n) is 6.52. The number of hydrogen-bond donors (Lipinski definition) is 1. The molecule has 1 fully saturated rings. The molecule has 24 heavy (non-hydrogen) atoms. The van der Waals surface area contributed by atoms with Crippen molar-refractivity contribution in [3.8, 4) is 0 Å². The summed E-state index contributed by atoms with van der Waals surface area (Å²) in [6.07, 6.45) is -4.75. The zero-order valence-corrected chi connectivity index (χ0v) is 13.1. The van der Waals surface area contributed by atoms with Gasteiger partial charge in [0.15, 0.2) is 6.04 Å². The smallest absolute Gasteiger partial charge is 0.287 e. The van der Waals surface area contributed by atoms with Crippen LogP contribution in [0.1, 0.15) is 31.9 Å². The molecular weight excluding hydrogens is 324 g/mol. The van der Waals surface area contributed by atoms with Crippen molar-refractivity contribution in [2.24, 2.45) is 0 Å². The molecule has 1 aliphatic rings. The molecule has 7 heteroatoms. The standard InChI is InChI=1S/C17H16F4N2O/c1-16(2)9-13(24)22-23(16)15(17(19,20)21)11-7-3-5-10-6-4-8-12(18)14(10)11/h3-8,15H,9H2,1-2H3,(H,22,24). The third kappa shape index (κ3) is 2.73. The molecule has 1 saturated heterocycles. The number of hydrazine groups is 1. The average molecular weight is 340 g/mol. The van der Waals surface area contributed by atoms with E-state index in [1.807, 2.05) is 0 Å². The van der Waals surface area contributed by atoms with E-state index < -0.39 is 29.5 Å². The Bertz CT molecular complexity index is 796. The Hall–Kier alpha value is -2.15. The van der Waals surface area contributed by atoms with Crippen LogP contribution in [0.3, 0.4) is 0 Å². The maximum absolute atomic E-state index is 14.3. The van der Waals surface area contributed by atoms with Crippen LogP contribution in [0.2, 0.25) is 0 Å². The van der Waals surface area contributed by atoms with Crippen LogP contribution in [0, 0.1) is 5.82 Å². The number of nitrogens with one attached hydrogen (secondary N) is 1. The second-order valence-corrected chi connectivity index (χ2v) is 6.52. The molecule has 0 spiro atoms. The summed E-state index contributed by atoms with van der Waals surface area (Å²) in [7, 11) is 0. The normalized spacial score (nSPS) is 19.5. The number of rotatable bonds is 2. The summed E-state index contributed by atoms with van der Waals surface area (Å²) in [4.78, 5) is 11.7. The third-order valence-electron chi connectivity index (χ3n) is 4.24. The van der Waals surface area contributed by atoms with E-state index in [1.54, 1.807) is 26.0 Å². The van der Waals surface area contributed by atoms with Crippen LogP contribution in [0.15, 0.2) is 36.4 Å². The molecule has 2 aromatic rings. The first-order valence-electron chi connectivity index (χ1n) is 7.44. The summed E-state index contributed by atoms with van der Waals surface area (Å²) in [5.41, 5.74) is 1.02. The second kappa shape index (κ2) is 5.44. The van der Waals surface area contributed by atoms with Crippen molar-refractivity contribution in [1.29, 1.82) is 0 Å². The summed E-state index contributed by atoms with van der Waals surface area (Å²) in [6, 6.07) is 6.27. The van der Waals surface area contributed by atoms with Crippen molar-refractivity contribution in [3.05, 3.63) is 47.8 Å². The number of amides is 1. The minimum atomic E-state index is -4.69. The van der Waals surface area contributed by atoms with Gasteiger partial charge in [-0.3, -0.25) is 10.2 Å². The maximum atomic E-state index is 14.3. The Morgan fingerprint density at radius 2 is 1.79 bits per heavy atom. The molecule has 3 nitrogen and oxygen atoms in total. The molecule has 1 N–H and O–H groups in total. The highest BCUT2D eigenvalue weighted by Gasteiger charge is 2.53. The zero-order chi connectivity index (χ0) is 17.7. The molecule has 1 heterocycles. The molecule has 1 atom stereocenters. The lowest BCUT2D eigenvalue weighted by Gasteiger charge is -2.38. The summed E-state index contributed by atoms with van der Waals surface area (Å²) < 4.78 is 55.9. The van der Waals surface area contributed by atoms with E-state index in [0.29, 0.717) is 5.39 Å². The molecule has 0 radical (unpaired) electrons. The SMILES string of the molecule is CC1(C)CC(=O)NN1C(c1cccc2cccc(F)c12)C(F)(F)F. The van der Waals surface area contributed by atoms with Crippen LogP contribution >= 0.6 is 0 Å². The van der Waals surface area contributed by atoms with Crippen LogP contribution in [0.4, 0.5) is 17.6 Å². The Balaban J connectivity index is 2.24. The van der Waals surface area contributed by atoms with Crippen molar-refractivity contribution in [1.82, 2.24) is 10.4 Å². The molecule has 0 aromatic heterocycles. The van der Waals surface area contributed by atoms with Gasteiger partial charge in [0.1, 0.15) is 5.82 Å². The Morgan fingerprint density at radius 1 is 1.17 bits per heavy atom. The van der Waals surface area contributed by atoms with Gasteiger partial charge in [-0.15, -0.1) is 0 Å². The van der Waals surface area contributed by atoms with E-state index in [4.69, 9.17) is 0 Å².